The van der Waals surface area contributed by atoms with Crippen LogP contribution in [0, 0.1) is 0 Å². The SMILES string of the molecule is CCCCCCCCN1C(=O)C(c2ccc(OC)cc2)=C(N2CCN(CC)CC2)C1=O. The van der Waals surface area contributed by atoms with Gasteiger partial charge in [-0.2, -0.15) is 0 Å². The summed E-state index contributed by atoms with van der Waals surface area (Å²) in [5.41, 5.74) is 1.91. The lowest BCUT2D eigenvalue weighted by Crippen LogP contribution is -2.47. The molecule has 2 amide bonds. The van der Waals surface area contributed by atoms with Gasteiger partial charge in [0.2, 0.25) is 0 Å². The standard InChI is InChI=1S/C25H37N3O3/c1-4-6-7-8-9-10-15-28-24(29)22(20-11-13-21(31-3)14-12-20)23(25(28)30)27-18-16-26(5-2)17-19-27/h11-14H,4-10,15-19H2,1-3H3. The summed E-state index contributed by atoms with van der Waals surface area (Å²) >= 11 is 0. The number of benzene rings is 1. The van der Waals surface area contributed by atoms with Gasteiger partial charge in [0, 0.05) is 32.7 Å². The van der Waals surface area contributed by atoms with Gasteiger partial charge in [0.25, 0.3) is 11.8 Å². The third-order valence-corrected chi connectivity index (χ3v) is 6.39. The number of methoxy groups -OCH3 is 1. The number of imide groups is 1. The van der Waals surface area contributed by atoms with E-state index in [9.17, 15) is 9.59 Å². The van der Waals surface area contributed by atoms with Crippen LogP contribution in [0.25, 0.3) is 5.57 Å². The Morgan fingerprint density at radius 2 is 1.48 bits per heavy atom. The molecule has 6 nitrogen and oxygen atoms in total. The highest BCUT2D eigenvalue weighted by molar-refractivity contribution is 6.35. The molecule has 0 spiro atoms. The number of hydrogen-bond acceptors (Lipinski definition) is 5. The second-order valence-electron chi connectivity index (χ2n) is 8.40. The molecule has 2 aliphatic rings. The van der Waals surface area contributed by atoms with Gasteiger partial charge >= 0.3 is 0 Å². The average molecular weight is 428 g/mol. The second-order valence-corrected chi connectivity index (χ2v) is 8.40. The fourth-order valence-corrected chi connectivity index (χ4v) is 4.42. The minimum absolute atomic E-state index is 0.130. The first-order chi connectivity index (χ1) is 15.1. The summed E-state index contributed by atoms with van der Waals surface area (Å²) in [7, 11) is 1.62. The van der Waals surface area contributed by atoms with Crippen LogP contribution in [0.3, 0.4) is 0 Å². The van der Waals surface area contributed by atoms with Crippen molar-refractivity contribution in [3.05, 3.63) is 35.5 Å². The van der Waals surface area contributed by atoms with Gasteiger partial charge in [-0.3, -0.25) is 14.5 Å². The molecule has 1 fully saturated rings. The summed E-state index contributed by atoms with van der Waals surface area (Å²) in [4.78, 5) is 32.8. The third kappa shape index (κ3) is 5.48. The Labute approximate surface area is 186 Å². The average Bonchev–Trinajstić information content (AvgIpc) is 3.06. The second kappa shape index (κ2) is 11.3. The van der Waals surface area contributed by atoms with Gasteiger partial charge in [-0.25, -0.2) is 0 Å². The van der Waals surface area contributed by atoms with E-state index >= 15 is 0 Å². The van der Waals surface area contributed by atoms with Crippen molar-refractivity contribution in [2.45, 2.75) is 52.4 Å². The van der Waals surface area contributed by atoms with Crippen molar-refractivity contribution >= 4 is 17.4 Å². The smallest absolute Gasteiger partial charge is 0.277 e. The monoisotopic (exact) mass is 427 g/mol. The normalized spacial score (nSPS) is 17.8. The molecular formula is C25H37N3O3. The Morgan fingerprint density at radius 1 is 0.839 bits per heavy atom. The Bertz CT molecular complexity index is 780. The lowest BCUT2D eigenvalue weighted by Gasteiger charge is -2.36. The molecule has 3 rings (SSSR count). The third-order valence-electron chi connectivity index (χ3n) is 6.39. The molecule has 1 aromatic carbocycles. The van der Waals surface area contributed by atoms with E-state index in [-0.39, 0.29) is 11.8 Å². The highest BCUT2D eigenvalue weighted by Gasteiger charge is 2.41. The highest BCUT2D eigenvalue weighted by Crippen LogP contribution is 2.33. The summed E-state index contributed by atoms with van der Waals surface area (Å²) in [6.07, 6.45) is 6.77. The molecule has 2 heterocycles. The van der Waals surface area contributed by atoms with E-state index in [1.54, 1.807) is 7.11 Å². The number of carbonyl (C=O) groups is 2. The van der Waals surface area contributed by atoms with Crippen LogP contribution in [0.2, 0.25) is 0 Å². The fraction of sp³-hybridized carbons (Fsp3) is 0.600. The minimum atomic E-state index is -0.156. The molecular weight excluding hydrogens is 390 g/mol. The number of amides is 2. The number of rotatable bonds is 11. The van der Waals surface area contributed by atoms with Crippen LogP contribution >= 0.6 is 0 Å². The Kier molecular flexibility index (Phi) is 8.52. The van der Waals surface area contributed by atoms with Gasteiger partial charge in [-0.15, -0.1) is 0 Å². The maximum Gasteiger partial charge on any atom is 0.277 e. The van der Waals surface area contributed by atoms with Crippen LogP contribution < -0.4 is 4.74 Å². The molecule has 0 aliphatic carbocycles. The lowest BCUT2D eigenvalue weighted by molar-refractivity contribution is -0.137. The first kappa shape index (κ1) is 23.3. The molecule has 2 aliphatic heterocycles. The molecule has 170 valence electrons. The molecule has 0 atom stereocenters. The van der Waals surface area contributed by atoms with E-state index in [2.05, 4.69) is 23.6 Å². The molecule has 0 unspecified atom stereocenters. The summed E-state index contributed by atoms with van der Waals surface area (Å²) < 4.78 is 5.27. The van der Waals surface area contributed by atoms with Crippen LogP contribution in [-0.2, 0) is 9.59 Å². The molecule has 0 saturated carbocycles. The van der Waals surface area contributed by atoms with Gasteiger partial charge in [-0.05, 0) is 30.7 Å². The number of carbonyl (C=O) groups excluding carboxylic acids is 2. The molecule has 6 heteroatoms. The Hall–Kier alpha value is -2.34. The predicted molar refractivity (Wildman–Crippen MR) is 124 cm³/mol. The quantitative estimate of drug-likeness (QED) is 0.397. The van der Waals surface area contributed by atoms with E-state index in [0.717, 1.165) is 63.3 Å². The number of piperazine rings is 1. The van der Waals surface area contributed by atoms with Crippen LogP contribution in [0.1, 0.15) is 57.9 Å². The van der Waals surface area contributed by atoms with Crippen molar-refractivity contribution in [2.75, 3.05) is 46.4 Å². The van der Waals surface area contributed by atoms with Crippen molar-refractivity contribution in [3.8, 4) is 5.75 Å². The first-order valence-corrected chi connectivity index (χ1v) is 11.8. The maximum atomic E-state index is 13.4. The number of nitrogens with zero attached hydrogens (tertiary/aromatic N) is 3. The molecule has 0 bridgehead atoms. The van der Waals surface area contributed by atoms with E-state index in [1.165, 1.54) is 24.2 Å². The summed E-state index contributed by atoms with van der Waals surface area (Å²) in [5.74, 6) is 0.453. The van der Waals surface area contributed by atoms with E-state index in [4.69, 9.17) is 4.74 Å². The van der Waals surface area contributed by atoms with Crippen LogP contribution in [0.4, 0.5) is 0 Å². The minimum Gasteiger partial charge on any atom is -0.497 e. The van der Waals surface area contributed by atoms with Crippen molar-refractivity contribution in [3.63, 3.8) is 0 Å². The van der Waals surface area contributed by atoms with Gasteiger partial charge in [0.1, 0.15) is 11.4 Å². The Balaban J connectivity index is 1.79. The molecule has 31 heavy (non-hydrogen) atoms. The zero-order valence-corrected chi connectivity index (χ0v) is 19.4. The highest BCUT2D eigenvalue weighted by atomic mass is 16.5. The predicted octanol–water partition coefficient (Wildman–Crippen LogP) is 3.77. The topological polar surface area (TPSA) is 53.1 Å². The lowest BCUT2D eigenvalue weighted by atomic mass is 10.0. The van der Waals surface area contributed by atoms with Crippen LogP contribution in [0.5, 0.6) is 5.75 Å². The Morgan fingerprint density at radius 3 is 2.10 bits per heavy atom. The molecule has 0 N–H and O–H groups in total. The molecule has 1 aromatic rings. The molecule has 0 radical (unpaired) electrons. The number of hydrogen-bond donors (Lipinski definition) is 0. The van der Waals surface area contributed by atoms with Gasteiger partial charge in [0.15, 0.2) is 0 Å². The van der Waals surface area contributed by atoms with Gasteiger partial charge in [0.05, 0.1) is 12.7 Å². The van der Waals surface area contributed by atoms with E-state index < -0.39 is 0 Å². The van der Waals surface area contributed by atoms with Crippen molar-refractivity contribution < 1.29 is 14.3 Å². The summed E-state index contributed by atoms with van der Waals surface area (Å²) in [5, 5.41) is 0. The first-order valence-electron chi connectivity index (χ1n) is 11.8. The maximum absolute atomic E-state index is 13.4. The largest absolute Gasteiger partial charge is 0.497 e. The number of ether oxygens (including phenoxy) is 1. The zero-order chi connectivity index (χ0) is 22.2. The van der Waals surface area contributed by atoms with Crippen molar-refractivity contribution in [1.29, 1.82) is 0 Å². The van der Waals surface area contributed by atoms with Gasteiger partial charge in [-0.1, -0.05) is 58.1 Å². The van der Waals surface area contributed by atoms with E-state index in [1.807, 2.05) is 24.3 Å². The van der Waals surface area contributed by atoms with Crippen molar-refractivity contribution in [2.24, 2.45) is 0 Å². The molecule has 0 aromatic heterocycles. The molecule has 1 saturated heterocycles. The van der Waals surface area contributed by atoms with Gasteiger partial charge < -0.3 is 14.5 Å². The number of likely N-dealkylation sites (N-methyl/N-ethyl adjacent to an activating group) is 1. The van der Waals surface area contributed by atoms with E-state index in [0.29, 0.717) is 17.8 Å². The fourth-order valence-electron chi connectivity index (χ4n) is 4.42. The number of unbranched alkanes of at least 4 members (excludes halogenated alkanes) is 5. The van der Waals surface area contributed by atoms with Crippen LogP contribution in [-0.4, -0.2) is 72.9 Å². The van der Waals surface area contributed by atoms with Crippen molar-refractivity contribution in [1.82, 2.24) is 14.7 Å². The zero-order valence-electron chi connectivity index (χ0n) is 19.4. The van der Waals surface area contributed by atoms with Crippen LogP contribution in [0.15, 0.2) is 30.0 Å². The summed E-state index contributed by atoms with van der Waals surface area (Å²) in [6, 6.07) is 7.47. The summed E-state index contributed by atoms with van der Waals surface area (Å²) in [6.45, 7) is 9.24.